The van der Waals surface area contributed by atoms with Gasteiger partial charge in [-0.2, -0.15) is 0 Å². The van der Waals surface area contributed by atoms with Crippen LogP contribution in [0.25, 0.3) is 0 Å². The molecule has 21 heavy (non-hydrogen) atoms. The SMILES string of the molecule is CC(C)CCN(c1c(Cl)cccc1C(=O)O)C1CCCC1. The molecule has 0 aliphatic heterocycles. The Labute approximate surface area is 131 Å². The molecule has 1 fully saturated rings. The lowest BCUT2D eigenvalue weighted by Gasteiger charge is -2.33. The molecule has 0 bridgehead atoms. The van der Waals surface area contributed by atoms with E-state index < -0.39 is 5.97 Å². The Morgan fingerprint density at radius 1 is 1.38 bits per heavy atom. The van der Waals surface area contributed by atoms with Gasteiger partial charge in [0.15, 0.2) is 0 Å². The molecule has 3 nitrogen and oxygen atoms in total. The molecule has 0 amide bonds. The van der Waals surface area contributed by atoms with Crippen LogP contribution in [-0.2, 0) is 0 Å². The number of rotatable bonds is 6. The average Bonchev–Trinajstić information content (AvgIpc) is 2.93. The fourth-order valence-corrected chi connectivity index (χ4v) is 3.35. The summed E-state index contributed by atoms with van der Waals surface area (Å²) in [5, 5.41) is 10.0. The zero-order valence-corrected chi connectivity index (χ0v) is 13.6. The molecule has 1 aromatic rings. The van der Waals surface area contributed by atoms with Crippen LogP contribution in [0, 0.1) is 5.92 Å². The summed E-state index contributed by atoms with van der Waals surface area (Å²) in [5.74, 6) is -0.315. The minimum Gasteiger partial charge on any atom is -0.478 e. The van der Waals surface area contributed by atoms with Gasteiger partial charge in [0.05, 0.1) is 16.3 Å². The van der Waals surface area contributed by atoms with Crippen LogP contribution in [0.2, 0.25) is 5.02 Å². The van der Waals surface area contributed by atoms with Crippen molar-refractivity contribution in [1.82, 2.24) is 0 Å². The first-order valence-electron chi connectivity index (χ1n) is 7.79. The van der Waals surface area contributed by atoms with Crippen molar-refractivity contribution in [1.29, 1.82) is 0 Å². The van der Waals surface area contributed by atoms with E-state index in [1.807, 2.05) is 0 Å². The maximum Gasteiger partial charge on any atom is 0.337 e. The summed E-state index contributed by atoms with van der Waals surface area (Å²) in [6.07, 6.45) is 5.73. The summed E-state index contributed by atoms with van der Waals surface area (Å²) in [5.41, 5.74) is 1.03. The second-order valence-corrected chi connectivity index (χ2v) is 6.66. The molecule has 1 N–H and O–H groups in total. The third-order valence-electron chi connectivity index (χ3n) is 4.22. The van der Waals surface area contributed by atoms with Crippen LogP contribution in [0.3, 0.4) is 0 Å². The van der Waals surface area contributed by atoms with Gasteiger partial charge in [0, 0.05) is 12.6 Å². The highest BCUT2D eigenvalue weighted by atomic mass is 35.5. The standard InChI is InChI=1S/C17H24ClNO2/c1-12(2)10-11-19(13-6-3-4-7-13)16-14(17(20)21)8-5-9-15(16)18/h5,8-9,12-13H,3-4,6-7,10-11H2,1-2H3,(H,20,21). The van der Waals surface area contributed by atoms with Gasteiger partial charge >= 0.3 is 5.97 Å². The van der Waals surface area contributed by atoms with Gasteiger partial charge in [-0.1, -0.05) is 44.4 Å². The number of nitrogens with zero attached hydrogens (tertiary/aromatic N) is 1. The van der Waals surface area contributed by atoms with Crippen molar-refractivity contribution >= 4 is 23.3 Å². The van der Waals surface area contributed by atoms with Crippen molar-refractivity contribution in [2.75, 3.05) is 11.4 Å². The van der Waals surface area contributed by atoms with Gasteiger partial charge in [-0.15, -0.1) is 0 Å². The molecule has 1 saturated carbocycles. The molecule has 0 unspecified atom stereocenters. The van der Waals surface area contributed by atoms with E-state index in [0.717, 1.165) is 25.8 Å². The molecule has 0 atom stereocenters. The van der Waals surface area contributed by atoms with Crippen LogP contribution in [-0.4, -0.2) is 23.7 Å². The van der Waals surface area contributed by atoms with Gasteiger partial charge in [0.25, 0.3) is 0 Å². The zero-order valence-electron chi connectivity index (χ0n) is 12.8. The van der Waals surface area contributed by atoms with Crippen LogP contribution < -0.4 is 4.90 Å². The Kier molecular flexibility index (Phi) is 5.51. The Bertz CT molecular complexity index is 496. The van der Waals surface area contributed by atoms with Crippen LogP contribution in [0.1, 0.15) is 56.3 Å². The van der Waals surface area contributed by atoms with E-state index >= 15 is 0 Å². The van der Waals surface area contributed by atoms with Crippen LogP contribution in [0.5, 0.6) is 0 Å². The lowest BCUT2D eigenvalue weighted by atomic mass is 10.1. The molecule has 116 valence electrons. The first kappa shape index (κ1) is 16.2. The second-order valence-electron chi connectivity index (χ2n) is 6.26. The maximum absolute atomic E-state index is 11.5. The van der Waals surface area contributed by atoms with Crippen molar-refractivity contribution in [3.05, 3.63) is 28.8 Å². The molecule has 0 radical (unpaired) electrons. The van der Waals surface area contributed by atoms with E-state index in [1.165, 1.54) is 12.8 Å². The van der Waals surface area contributed by atoms with E-state index in [9.17, 15) is 9.90 Å². The number of hydrogen-bond acceptors (Lipinski definition) is 2. The van der Waals surface area contributed by atoms with E-state index in [-0.39, 0.29) is 0 Å². The fourth-order valence-electron chi connectivity index (χ4n) is 3.07. The van der Waals surface area contributed by atoms with Gasteiger partial charge in [0.2, 0.25) is 0 Å². The number of benzene rings is 1. The summed E-state index contributed by atoms with van der Waals surface area (Å²) in [6, 6.07) is 5.58. The van der Waals surface area contributed by atoms with E-state index in [2.05, 4.69) is 18.7 Å². The minimum absolute atomic E-state index is 0.318. The number of hydrogen-bond donors (Lipinski definition) is 1. The average molecular weight is 310 g/mol. The molecule has 0 heterocycles. The Hall–Kier alpha value is -1.22. The number of aromatic carboxylic acids is 1. The largest absolute Gasteiger partial charge is 0.478 e. The van der Waals surface area contributed by atoms with Gasteiger partial charge in [0.1, 0.15) is 0 Å². The van der Waals surface area contributed by atoms with Gasteiger partial charge in [-0.25, -0.2) is 4.79 Å². The first-order chi connectivity index (χ1) is 10.0. The molecule has 4 heteroatoms. The summed E-state index contributed by atoms with van der Waals surface area (Å²) >= 11 is 6.36. The molecule has 1 aliphatic carbocycles. The summed E-state index contributed by atoms with van der Waals surface area (Å²) in [6.45, 7) is 5.25. The molecule has 1 aliphatic rings. The Morgan fingerprint density at radius 3 is 2.62 bits per heavy atom. The number of carboxylic acids is 1. The highest BCUT2D eigenvalue weighted by Crippen LogP contribution is 2.36. The highest BCUT2D eigenvalue weighted by molar-refractivity contribution is 6.34. The molecule has 1 aromatic carbocycles. The molecule has 2 rings (SSSR count). The lowest BCUT2D eigenvalue weighted by molar-refractivity contribution is 0.0697. The lowest BCUT2D eigenvalue weighted by Crippen LogP contribution is -2.36. The van der Waals surface area contributed by atoms with Crippen LogP contribution >= 0.6 is 11.6 Å². The predicted molar refractivity (Wildman–Crippen MR) is 87.5 cm³/mol. The summed E-state index contributed by atoms with van der Waals surface area (Å²) in [4.78, 5) is 13.8. The Morgan fingerprint density at radius 2 is 2.05 bits per heavy atom. The topological polar surface area (TPSA) is 40.5 Å². The molecule has 0 saturated heterocycles. The van der Waals surface area contributed by atoms with Crippen molar-refractivity contribution in [2.45, 2.75) is 52.0 Å². The minimum atomic E-state index is -0.903. The van der Waals surface area contributed by atoms with E-state index in [0.29, 0.717) is 28.2 Å². The fraction of sp³-hybridized carbons (Fsp3) is 0.588. The number of halogens is 1. The van der Waals surface area contributed by atoms with E-state index in [1.54, 1.807) is 18.2 Å². The predicted octanol–water partition coefficient (Wildman–Crippen LogP) is 4.83. The molecule has 0 spiro atoms. The maximum atomic E-state index is 11.5. The third kappa shape index (κ3) is 3.91. The normalized spacial score (nSPS) is 15.6. The van der Waals surface area contributed by atoms with Gasteiger partial charge in [-0.05, 0) is 37.3 Å². The van der Waals surface area contributed by atoms with Crippen LogP contribution in [0.15, 0.2) is 18.2 Å². The molecular weight excluding hydrogens is 286 g/mol. The highest BCUT2D eigenvalue weighted by Gasteiger charge is 2.27. The van der Waals surface area contributed by atoms with Crippen molar-refractivity contribution in [3.63, 3.8) is 0 Å². The number of anilines is 1. The summed E-state index contributed by atoms with van der Waals surface area (Å²) in [7, 11) is 0. The third-order valence-corrected chi connectivity index (χ3v) is 4.52. The van der Waals surface area contributed by atoms with Gasteiger partial charge in [-0.3, -0.25) is 0 Å². The van der Waals surface area contributed by atoms with Crippen molar-refractivity contribution in [2.24, 2.45) is 5.92 Å². The first-order valence-corrected chi connectivity index (χ1v) is 8.17. The summed E-state index contributed by atoms with van der Waals surface area (Å²) < 4.78 is 0. The molecular formula is C17H24ClNO2. The zero-order chi connectivity index (χ0) is 15.4. The number of carbonyl (C=O) groups is 1. The molecule has 0 aromatic heterocycles. The monoisotopic (exact) mass is 309 g/mol. The second kappa shape index (κ2) is 7.17. The van der Waals surface area contributed by atoms with E-state index in [4.69, 9.17) is 11.6 Å². The van der Waals surface area contributed by atoms with Crippen molar-refractivity contribution in [3.8, 4) is 0 Å². The quantitative estimate of drug-likeness (QED) is 0.818. The Balaban J connectivity index is 2.37. The smallest absolute Gasteiger partial charge is 0.337 e. The van der Waals surface area contributed by atoms with Gasteiger partial charge < -0.3 is 10.0 Å². The van der Waals surface area contributed by atoms with Crippen LogP contribution in [0.4, 0.5) is 5.69 Å². The van der Waals surface area contributed by atoms with Crippen molar-refractivity contribution < 1.29 is 9.90 Å². The number of carboxylic acid groups (broad SMARTS) is 1. The number of para-hydroxylation sites is 1.